The van der Waals surface area contributed by atoms with Gasteiger partial charge in [-0.05, 0) is 24.0 Å². The maximum absolute atomic E-state index is 11.8. The first kappa shape index (κ1) is 17.5. The van der Waals surface area contributed by atoms with Crippen LogP contribution >= 0.6 is 12.4 Å². The van der Waals surface area contributed by atoms with Gasteiger partial charge in [0.2, 0.25) is 0 Å². The third kappa shape index (κ3) is 4.76. The van der Waals surface area contributed by atoms with E-state index in [2.05, 4.69) is 18.8 Å². The Balaban J connectivity index is 0.00000220. The molecule has 1 atom stereocenters. The van der Waals surface area contributed by atoms with E-state index in [1.54, 1.807) is 0 Å². The molecule has 21 heavy (non-hydrogen) atoms. The Labute approximate surface area is 131 Å². The summed E-state index contributed by atoms with van der Waals surface area (Å²) < 4.78 is 5.20. The highest BCUT2D eigenvalue weighted by Gasteiger charge is 2.17. The van der Waals surface area contributed by atoms with Crippen LogP contribution in [0.1, 0.15) is 25.8 Å². The van der Waals surface area contributed by atoms with Crippen LogP contribution in [0, 0.1) is 5.92 Å². The lowest BCUT2D eigenvalue weighted by atomic mass is 10.1. The third-order valence-electron chi connectivity index (χ3n) is 3.36. The highest BCUT2D eigenvalue weighted by atomic mass is 35.5. The van der Waals surface area contributed by atoms with Crippen LogP contribution in [-0.4, -0.2) is 23.6 Å². The Kier molecular flexibility index (Phi) is 6.72. The SMILES string of the molecule is CC(C)CCOC(=O)[C@@H](N)Cc1c[nH]c2ccccc12.Cl. The number of H-pyrrole nitrogens is 1. The number of aromatic nitrogens is 1. The lowest BCUT2D eigenvalue weighted by Crippen LogP contribution is -2.34. The maximum atomic E-state index is 11.8. The smallest absolute Gasteiger partial charge is 0.323 e. The third-order valence-corrected chi connectivity index (χ3v) is 3.36. The zero-order chi connectivity index (χ0) is 14.5. The fourth-order valence-corrected chi connectivity index (χ4v) is 2.12. The number of hydrogen-bond donors (Lipinski definition) is 2. The Bertz CT molecular complexity index is 580. The Morgan fingerprint density at radius 1 is 1.33 bits per heavy atom. The summed E-state index contributed by atoms with van der Waals surface area (Å²) in [6, 6.07) is 7.37. The summed E-state index contributed by atoms with van der Waals surface area (Å²) in [7, 11) is 0. The van der Waals surface area contributed by atoms with Gasteiger partial charge in [-0.1, -0.05) is 32.0 Å². The molecule has 3 N–H and O–H groups in total. The van der Waals surface area contributed by atoms with E-state index in [1.165, 1.54) is 0 Å². The molecular formula is C16H23ClN2O2. The zero-order valence-corrected chi connectivity index (χ0v) is 13.3. The second-order valence-electron chi connectivity index (χ2n) is 5.52. The van der Waals surface area contributed by atoms with Crippen LogP contribution in [0.2, 0.25) is 0 Å². The Morgan fingerprint density at radius 3 is 2.76 bits per heavy atom. The second-order valence-corrected chi connectivity index (χ2v) is 5.52. The number of hydrogen-bond acceptors (Lipinski definition) is 3. The lowest BCUT2D eigenvalue weighted by Gasteiger charge is -2.12. The number of esters is 1. The Morgan fingerprint density at radius 2 is 2.05 bits per heavy atom. The molecule has 4 nitrogen and oxygen atoms in total. The molecule has 0 radical (unpaired) electrons. The van der Waals surface area contributed by atoms with Crippen LogP contribution in [0.4, 0.5) is 0 Å². The average molecular weight is 311 g/mol. The molecule has 1 heterocycles. The van der Waals surface area contributed by atoms with Gasteiger partial charge in [0, 0.05) is 23.5 Å². The van der Waals surface area contributed by atoms with Gasteiger partial charge in [-0.15, -0.1) is 12.4 Å². The number of para-hydroxylation sites is 1. The summed E-state index contributed by atoms with van der Waals surface area (Å²) in [5.41, 5.74) is 8.04. The summed E-state index contributed by atoms with van der Waals surface area (Å²) in [6.07, 6.45) is 3.27. The molecule has 0 amide bonds. The minimum Gasteiger partial charge on any atom is -0.465 e. The first-order valence-electron chi connectivity index (χ1n) is 7.05. The number of aromatic amines is 1. The van der Waals surface area contributed by atoms with Crippen LogP contribution in [0.15, 0.2) is 30.5 Å². The topological polar surface area (TPSA) is 68.1 Å². The molecule has 0 aliphatic rings. The number of rotatable bonds is 6. The fourth-order valence-electron chi connectivity index (χ4n) is 2.12. The number of nitrogens with two attached hydrogens (primary N) is 1. The van der Waals surface area contributed by atoms with Gasteiger partial charge in [0.05, 0.1) is 6.61 Å². The van der Waals surface area contributed by atoms with Crippen molar-refractivity contribution in [3.63, 3.8) is 0 Å². The average Bonchev–Trinajstić information content (AvgIpc) is 2.81. The van der Waals surface area contributed by atoms with Crippen molar-refractivity contribution in [2.75, 3.05) is 6.61 Å². The summed E-state index contributed by atoms with van der Waals surface area (Å²) in [6.45, 7) is 4.64. The van der Waals surface area contributed by atoms with Crippen LogP contribution in [0.5, 0.6) is 0 Å². The first-order chi connectivity index (χ1) is 9.58. The zero-order valence-electron chi connectivity index (χ0n) is 12.5. The summed E-state index contributed by atoms with van der Waals surface area (Å²) in [5.74, 6) is 0.198. The molecule has 116 valence electrons. The molecular weight excluding hydrogens is 288 g/mol. The quantitative estimate of drug-likeness (QED) is 0.806. The van der Waals surface area contributed by atoms with E-state index in [0.717, 1.165) is 22.9 Å². The van der Waals surface area contributed by atoms with Crippen molar-refractivity contribution in [3.8, 4) is 0 Å². The predicted molar refractivity (Wildman–Crippen MR) is 87.6 cm³/mol. The molecule has 0 unspecified atom stereocenters. The van der Waals surface area contributed by atoms with E-state index in [9.17, 15) is 4.79 Å². The van der Waals surface area contributed by atoms with Gasteiger partial charge < -0.3 is 15.5 Å². The highest BCUT2D eigenvalue weighted by Crippen LogP contribution is 2.18. The van der Waals surface area contributed by atoms with E-state index in [1.807, 2.05) is 30.5 Å². The van der Waals surface area contributed by atoms with Gasteiger partial charge >= 0.3 is 5.97 Å². The molecule has 0 spiro atoms. The van der Waals surface area contributed by atoms with Crippen molar-refractivity contribution in [3.05, 3.63) is 36.0 Å². The minimum atomic E-state index is -0.610. The van der Waals surface area contributed by atoms with E-state index >= 15 is 0 Å². The van der Waals surface area contributed by atoms with Gasteiger partial charge in [-0.25, -0.2) is 0 Å². The van der Waals surface area contributed by atoms with Crippen molar-refractivity contribution in [1.82, 2.24) is 4.98 Å². The molecule has 0 bridgehead atoms. The number of carbonyl (C=O) groups is 1. The number of carbonyl (C=O) groups excluding carboxylic acids is 1. The Hall–Kier alpha value is -1.52. The molecule has 1 aromatic carbocycles. The summed E-state index contributed by atoms with van der Waals surface area (Å²) in [5, 5.41) is 1.11. The standard InChI is InChI=1S/C16H22N2O2.ClH/c1-11(2)7-8-20-16(19)14(17)9-12-10-18-15-6-4-3-5-13(12)15;/h3-6,10-11,14,18H,7-9,17H2,1-2H3;1H/t14-;/m0./s1. The van der Waals surface area contributed by atoms with Gasteiger partial charge in [-0.2, -0.15) is 0 Å². The van der Waals surface area contributed by atoms with E-state index in [-0.39, 0.29) is 18.4 Å². The summed E-state index contributed by atoms with van der Waals surface area (Å²) >= 11 is 0. The van der Waals surface area contributed by atoms with Crippen molar-refractivity contribution >= 4 is 29.3 Å². The molecule has 0 aliphatic carbocycles. The van der Waals surface area contributed by atoms with Crippen molar-refractivity contribution in [2.45, 2.75) is 32.7 Å². The molecule has 1 aromatic heterocycles. The number of nitrogens with one attached hydrogen (secondary N) is 1. The van der Waals surface area contributed by atoms with Crippen LogP contribution in [-0.2, 0) is 16.0 Å². The molecule has 2 rings (SSSR count). The number of fused-ring (bicyclic) bond motifs is 1. The minimum absolute atomic E-state index is 0. The first-order valence-corrected chi connectivity index (χ1v) is 7.05. The molecule has 0 fully saturated rings. The normalized spacial score (nSPS) is 12.2. The maximum Gasteiger partial charge on any atom is 0.323 e. The predicted octanol–water partition coefficient (Wildman–Crippen LogP) is 3.05. The van der Waals surface area contributed by atoms with Crippen LogP contribution < -0.4 is 5.73 Å². The molecule has 0 saturated heterocycles. The fraction of sp³-hybridized carbons (Fsp3) is 0.438. The highest BCUT2D eigenvalue weighted by molar-refractivity contribution is 5.85. The van der Waals surface area contributed by atoms with Crippen molar-refractivity contribution in [1.29, 1.82) is 0 Å². The molecule has 0 aliphatic heterocycles. The van der Waals surface area contributed by atoms with Gasteiger partial charge in [-0.3, -0.25) is 4.79 Å². The molecule has 5 heteroatoms. The monoisotopic (exact) mass is 310 g/mol. The number of ether oxygens (including phenoxy) is 1. The largest absolute Gasteiger partial charge is 0.465 e. The van der Waals surface area contributed by atoms with Crippen LogP contribution in [0.3, 0.4) is 0 Å². The van der Waals surface area contributed by atoms with E-state index in [0.29, 0.717) is 18.9 Å². The van der Waals surface area contributed by atoms with Gasteiger partial charge in [0.25, 0.3) is 0 Å². The molecule has 2 aromatic rings. The number of halogens is 1. The van der Waals surface area contributed by atoms with E-state index < -0.39 is 6.04 Å². The number of benzene rings is 1. The van der Waals surface area contributed by atoms with Gasteiger partial charge in [0.15, 0.2) is 0 Å². The molecule has 0 saturated carbocycles. The van der Waals surface area contributed by atoms with Crippen molar-refractivity contribution in [2.24, 2.45) is 11.7 Å². The lowest BCUT2D eigenvalue weighted by molar-refractivity contribution is -0.145. The van der Waals surface area contributed by atoms with Gasteiger partial charge in [0.1, 0.15) is 6.04 Å². The second kappa shape index (κ2) is 8.05. The summed E-state index contributed by atoms with van der Waals surface area (Å²) in [4.78, 5) is 15.0. The van der Waals surface area contributed by atoms with Crippen LogP contribution in [0.25, 0.3) is 10.9 Å². The van der Waals surface area contributed by atoms with Crippen molar-refractivity contribution < 1.29 is 9.53 Å². The van der Waals surface area contributed by atoms with E-state index in [4.69, 9.17) is 10.5 Å².